The van der Waals surface area contributed by atoms with E-state index < -0.39 is 0 Å². The first-order valence-corrected chi connectivity index (χ1v) is 8.76. The van der Waals surface area contributed by atoms with Gasteiger partial charge in [0.25, 0.3) is 0 Å². The molecular weight excluding hydrogens is 330 g/mol. The Labute approximate surface area is 154 Å². The van der Waals surface area contributed by atoms with Crippen LogP contribution in [0.3, 0.4) is 0 Å². The Balaban J connectivity index is 1.55. The fourth-order valence-electron chi connectivity index (χ4n) is 2.54. The van der Waals surface area contributed by atoms with Gasteiger partial charge in [0.15, 0.2) is 0 Å². The molecule has 3 heteroatoms. The summed E-state index contributed by atoms with van der Waals surface area (Å²) < 4.78 is 5.88. The number of hydrogen-bond donors (Lipinski definition) is 1. The lowest BCUT2D eigenvalue weighted by Gasteiger charge is -2.10. The zero-order valence-corrected chi connectivity index (χ0v) is 15.3. The largest absolute Gasteiger partial charge is 0.489 e. The first kappa shape index (κ1) is 17.4. The highest BCUT2D eigenvalue weighted by molar-refractivity contribution is 6.31. The topological polar surface area (TPSA) is 21.3 Å². The van der Waals surface area contributed by atoms with Crippen LogP contribution in [0.5, 0.6) is 5.75 Å². The van der Waals surface area contributed by atoms with E-state index in [1.54, 1.807) is 0 Å². The highest BCUT2D eigenvalue weighted by Crippen LogP contribution is 2.21. The van der Waals surface area contributed by atoms with Gasteiger partial charge in [-0.3, -0.25) is 0 Å². The average molecular weight is 352 g/mol. The van der Waals surface area contributed by atoms with E-state index in [-0.39, 0.29) is 0 Å². The molecule has 1 N–H and O–H groups in total. The van der Waals surface area contributed by atoms with Gasteiger partial charge in [0.05, 0.1) is 0 Å². The standard InChI is InChI=1S/C22H22ClNO/c1-16-5-3-4-6-19(16)15-25-21-11-8-18(9-12-21)14-24-20-10-7-17(2)22(23)13-20/h3-13,24H,14-15H2,1-2H3. The Morgan fingerprint density at radius 3 is 2.36 bits per heavy atom. The Bertz CT molecular complexity index is 843. The van der Waals surface area contributed by atoms with Crippen molar-refractivity contribution in [1.82, 2.24) is 0 Å². The molecule has 0 spiro atoms. The summed E-state index contributed by atoms with van der Waals surface area (Å²) in [5.41, 5.74) is 5.77. The lowest BCUT2D eigenvalue weighted by Crippen LogP contribution is -2.00. The van der Waals surface area contributed by atoms with Gasteiger partial charge in [-0.15, -0.1) is 0 Å². The number of halogens is 1. The van der Waals surface area contributed by atoms with Gasteiger partial charge < -0.3 is 10.1 Å². The molecule has 0 aliphatic heterocycles. The third-order valence-electron chi connectivity index (χ3n) is 4.25. The van der Waals surface area contributed by atoms with E-state index >= 15 is 0 Å². The Morgan fingerprint density at radius 2 is 1.64 bits per heavy atom. The molecule has 3 rings (SSSR count). The van der Waals surface area contributed by atoms with Crippen LogP contribution in [0.2, 0.25) is 5.02 Å². The van der Waals surface area contributed by atoms with Gasteiger partial charge in [-0.25, -0.2) is 0 Å². The minimum absolute atomic E-state index is 0.589. The van der Waals surface area contributed by atoms with E-state index in [9.17, 15) is 0 Å². The lowest BCUT2D eigenvalue weighted by molar-refractivity contribution is 0.305. The van der Waals surface area contributed by atoms with Gasteiger partial charge in [0.1, 0.15) is 12.4 Å². The third-order valence-corrected chi connectivity index (χ3v) is 4.65. The molecule has 0 aliphatic rings. The molecule has 0 fully saturated rings. The van der Waals surface area contributed by atoms with Crippen molar-refractivity contribution in [1.29, 1.82) is 0 Å². The number of anilines is 1. The van der Waals surface area contributed by atoms with Gasteiger partial charge >= 0.3 is 0 Å². The molecule has 0 saturated heterocycles. The number of benzene rings is 3. The van der Waals surface area contributed by atoms with Crippen molar-refractivity contribution in [2.75, 3.05) is 5.32 Å². The van der Waals surface area contributed by atoms with Crippen LogP contribution in [-0.2, 0) is 13.2 Å². The molecule has 0 bridgehead atoms. The zero-order chi connectivity index (χ0) is 17.6. The Kier molecular flexibility index (Phi) is 5.62. The summed E-state index contributed by atoms with van der Waals surface area (Å²) in [7, 11) is 0. The molecule has 0 aliphatic carbocycles. The highest BCUT2D eigenvalue weighted by Gasteiger charge is 2.01. The van der Waals surface area contributed by atoms with Gasteiger partial charge in [0.2, 0.25) is 0 Å². The summed E-state index contributed by atoms with van der Waals surface area (Å²) >= 11 is 6.16. The van der Waals surface area contributed by atoms with Crippen molar-refractivity contribution >= 4 is 17.3 Å². The molecule has 128 valence electrons. The minimum Gasteiger partial charge on any atom is -0.489 e. The maximum absolute atomic E-state index is 6.16. The van der Waals surface area contributed by atoms with E-state index in [0.29, 0.717) is 6.61 Å². The molecule has 25 heavy (non-hydrogen) atoms. The normalized spacial score (nSPS) is 10.5. The minimum atomic E-state index is 0.589. The van der Waals surface area contributed by atoms with Crippen molar-refractivity contribution in [3.63, 3.8) is 0 Å². The summed E-state index contributed by atoms with van der Waals surface area (Å²) in [5, 5.41) is 4.17. The van der Waals surface area contributed by atoms with Gasteiger partial charge in [0, 0.05) is 17.3 Å². The molecule has 0 atom stereocenters. The number of rotatable bonds is 6. The molecule has 3 aromatic carbocycles. The van der Waals surface area contributed by atoms with Crippen molar-refractivity contribution in [2.24, 2.45) is 0 Å². The maximum atomic E-state index is 6.16. The van der Waals surface area contributed by atoms with Crippen molar-refractivity contribution in [2.45, 2.75) is 27.0 Å². The number of aryl methyl sites for hydroxylation is 2. The van der Waals surface area contributed by atoms with Crippen molar-refractivity contribution in [3.05, 3.63) is 94.0 Å². The fraction of sp³-hybridized carbons (Fsp3) is 0.182. The molecule has 0 unspecified atom stereocenters. The number of hydrogen-bond acceptors (Lipinski definition) is 2. The molecular formula is C22H22ClNO. The quantitative estimate of drug-likeness (QED) is 0.575. The van der Waals surface area contributed by atoms with E-state index in [0.717, 1.165) is 28.6 Å². The van der Waals surface area contributed by atoms with Crippen LogP contribution < -0.4 is 10.1 Å². The zero-order valence-electron chi connectivity index (χ0n) is 14.6. The van der Waals surface area contributed by atoms with Crippen LogP contribution >= 0.6 is 11.6 Å². The summed E-state index contributed by atoms with van der Waals surface area (Å²) in [6, 6.07) is 22.5. The van der Waals surface area contributed by atoms with Crippen LogP contribution in [0.1, 0.15) is 22.3 Å². The molecule has 3 aromatic rings. The van der Waals surface area contributed by atoms with E-state index in [4.69, 9.17) is 16.3 Å². The summed E-state index contributed by atoms with van der Waals surface area (Å²) in [5.74, 6) is 0.880. The lowest BCUT2D eigenvalue weighted by atomic mass is 10.1. The van der Waals surface area contributed by atoms with Gasteiger partial charge in [-0.2, -0.15) is 0 Å². The van der Waals surface area contributed by atoms with Crippen LogP contribution in [-0.4, -0.2) is 0 Å². The van der Waals surface area contributed by atoms with Gasteiger partial charge in [-0.05, 0) is 60.4 Å². The Hall–Kier alpha value is -2.45. The van der Waals surface area contributed by atoms with E-state index in [1.807, 2.05) is 49.4 Å². The first-order chi connectivity index (χ1) is 12.1. The van der Waals surface area contributed by atoms with Crippen LogP contribution in [0.4, 0.5) is 5.69 Å². The summed E-state index contributed by atoms with van der Waals surface area (Å²) in [6.45, 7) is 5.44. The third kappa shape index (κ3) is 4.77. The van der Waals surface area contributed by atoms with Crippen molar-refractivity contribution in [3.8, 4) is 5.75 Å². The number of nitrogens with one attached hydrogen (secondary N) is 1. The summed E-state index contributed by atoms with van der Waals surface area (Å²) in [6.07, 6.45) is 0. The SMILES string of the molecule is Cc1ccc(NCc2ccc(OCc3ccccc3C)cc2)cc1Cl. The van der Waals surface area contributed by atoms with Crippen LogP contribution in [0.15, 0.2) is 66.7 Å². The van der Waals surface area contributed by atoms with E-state index in [2.05, 4.69) is 36.5 Å². The first-order valence-electron chi connectivity index (χ1n) is 8.38. The Morgan fingerprint density at radius 1 is 0.880 bits per heavy atom. The van der Waals surface area contributed by atoms with Crippen LogP contribution in [0, 0.1) is 13.8 Å². The molecule has 0 aromatic heterocycles. The average Bonchev–Trinajstić information content (AvgIpc) is 2.63. The molecule has 0 radical (unpaired) electrons. The number of ether oxygens (including phenoxy) is 1. The second-order valence-electron chi connectivity index (χ2n) is 6.18. The second-order valence-corrected chi connectivity index (χ2v) is 6.58. The predicted octanol–water partition coefficient (Wildman–Crippen LogP) is 6.15. The van der Waals surface area contributed by atoms with Crippen molar-refractivity contribution < 1.29 is 4.74 Å². The molecule has 2 nitrogen and oxygen atoms in total. The predicted molar refractivity (Wildman–Crippen MR) is 105 cm³/mol. The van der Waals surface area contributed by atoms with Gasteiger partial charge in [-0.1, -0.05) is 54.1 Å². The molecule has 0 heterocycles. The summed E-state index contributed by atoms with van der Waals surface area (Å²) in [4.78, 5) is 0. The van der Waals surface area contributed by atoms with E-state index in [1.165, 1.54) is 16.7 Å². The second kappa shape index (κ2) is 8.09. The molecule has 0 amide bonds. The fourth-order valence-corrected chi connectivity index (χ4v) is 2.72. The smallest absolute Gasteiger partial charge is 0.119 e. The highest BCUT2D eigenvalue weighted by atomic mass is 35.5. The maximum Gasteiger partial charge on any atom is 0.119 e. The van der Waals surface area contributed by atoms with Crippen LogP contribution in [0.25, 0.3) is 0 Å². The molecule has 0 saturated carbocycles. The monoisotopic (exact) mass is 351 g/mol.